The maximum Gasteiger partial charge on any atom is 0.364 e. The predicted octanol–water partition coefficient (Wildman–Crippen LogP) is -18.2. The number of carboxylic acid groups (broad SMARTS) is 1. The van der Waals surface area contributed by atoms with E-state index in [-0.39, 0.29) is 0 Å². The van der Waals surface area contributed by atoms with Crippen LogP contribution in [0.4, 0.5) is 0 Å². The Hall–Kier alpha value is -3.64. The highest BCUT2D eigenvalue weighted by atomic mass is 16.8. The molecular formula is C57H97N3O43. The first-order chi connectivity index (χ1) is 48.5. The number of hydrogen-bond donors (Lipinski definition) is 28. The summed E-state index contributed by atoms with van der Waals surface area (Å²) < 4.78 is 81.8. The number of carbonyl (C=O) groups is 4. The number of hydrogen-bond acceptors (Lipinski definition) is 42. The first-order valence-corrected chi connectivity index (χ1v) is 32.5. The summed E-state index contributed by atoms with van der Waals surface area (Å²) in [5, 5.41) is 280. The van der Waals surface area contributed by atoms with Crippen LogP contribution >= 0.6 is 0 Å². The monoisotopic (exact) mass is 1510 g/mol. The zero-order chi connectivity index (χ0) is 76.7. The van der Waals surface area contributed by atoms with Crippen molar-refractivity contribution in [1.82, 2.24) is 16.0 Å². The lowest BCUT2D eigenvalue weighted by atomic mass is 9.88. The Balaban J connectivity index is 1.20. The van der Waals surface area contributed by atoms with Crippen molar-refractivity contribution in [3.05, 3.63) is 0 Å². The van der Waals surface area contributed by atoms with Crippen LogP contribution in [-0.4, -0.2) is 449 Å². The van der Waals surface area contributed by atoms with Crippen LogP contribution in [0.5, 0.6) is 0 Å². The standard InChI is InChI=1S/C57H97N3O43/c1-14-30(75)38(83)40(85)52(91-14)101-49-39(84)33(78)22(9-64)94-55(49)98-44-25(12-67)95-51(28(37(44)82)59-16(3)69)100-47-36(81)26(96-53(41(47)86)97-43(21(74)8-63)31(76)19(72)6-61)13-90-50-29(60-17(4)70)45(34(79)23(10-65)92-50)99-54-42(87)48(35(80)24(11-66)93-54)103-57(56(88)89)5-18(71)27(58-15(2)68)46(102-57)32(77)20(73)7-62/h14,18-55,61-67,71-87H,5-13H2,1-4H3,(H,58,68)(H,59,69)(H,60,70)(H,88,89)/t14-,18-,19-,20+,21+,22+,23+,24+,25+,26+,27+,28+,29+,30+,31+,32+,33-,34+,35-,36-,37+,38+,39-,40-,41+,42+,43+,44+,45+,46+,47-,48-,49+,50+,51-,52-,53-,54-,55-,57-/m0/s1. The summed E-state index contributed by atoms with van der Waals surface area (Å²) in [5.74, 6) is -8.28. The summed E-state index contributed by atoms with van der Waals surface area (Å²) in [5.41, 5.74) is 0. The number of ether oxygens (including phenoxy) is 14. The van der Waals surface area contributed by atoms with E-state index in [0.29, 0.717) is 0 Å². The highest BCUT2D eigenvalue weighted by Crippen LogP contribution is 2.41. The number of carbonyl (C=O) groups excluding carboxylic acids is 3. The minimum absolute atomic E-state index is 0.869. The van der Waals surface area contributed by atoms with Gasteiger partial charge in [-0.1, -0.05) is 0 Å². The Morgan fingerprint density at radius 2 is 0.903 bits per heavy atom. The SMILES string of the molecule is CC(=O)N[C@H]1[C@H](O[C@H]2[C@@H](O)[C@@H](CO[C@@H]3O[C@H](CO)[C@@H](O)[C@H](O[C@@H]4O[C@H](CO)[C@H](O)[C@H](O[C@]5(C(=O)O)C[C@H](O)[C@@H](NC(C)=O)[C@H]([C@H](O)[C@H](O)CO)O5)[C@H]4O)[C@H]3NC(C)=O)O[C@@H](O[C@@H]([C@H](O)[C@@H](O)CO)[C@H](O)CO)[C@@H]2O)O[C@H](CO)[C@@H](O[C@@H]2O[C@H](CO)[C@H](O)[C@H](O)[C@H]2O[C@@H]2O[C@@H](C)[C@@H](O)[C@@H](O)[C@@H]2O)[C@@H]1O. The molecule has 0 aliphatic carbocycles. The Morgan fingerprint density at radius 3 is 1.47 bits per heavy atom. The molecule has 28 N–H and O–H groups in total. The molecule has 0 bridgehead atoms. The second-order valence-electron chi connectivity index (χ2n) is 25.8. The number of carboxylic acids is 1. The van der Waals surface area contributed by atoms with Crippen molar-refractivity contribution >= 4 is 23.7 Å². The molecule has 0 saturated carbocycles. The zero-order valence-corrected chi connectivity index (χ0v) is 55.4. The van der Waals surface area contributed by atoms with Gasteiger partial charge in [-0.2, -0.15) is 0 Å². The fraction of sp³-hybridized carbons (Fsp3) is 0.930. The van der Waals surface area contributed by atoms with Crippen LogP contribution in [0.2, 0.25) is 0 Å². The number of aliphatic hydroxyl groups excluding tert-OH is 24. The number of amides is 3. The van der Waals surface area contributed by atoms with Crippen molar-refractivity contribution in [2.45, 2.75) is 279 Å². The molecule has 0 aromatic rings. The maximum atomic E-state index is 13.2. The molecule has 7 aliphatic rings. The Bertz CT molecular complexity index is 2670. The van der Waals surface area contributed by atoms with Gasteiger partial charge in [0.05, 0.1) is 71.1 Å². The van der Waals surface area contributed by atoms with Crippen molar-refractivity contribution in [2.24, 2.45) is 0 Å². The van der Waals surface area contributed by atoms with Crippen LogP contribution in [0.1, 0.15) is 34.1 Å². The van der Waals surface area contributed by atoms with Gasteiger partial charge < -0.3 is 210 Å². The smallest absolute Gasteiger partial charge is 0.364 e. The van der Waals surface area contributed by atoms with E-state index in [1.807, 2.05) is 0 Å². The number of rotatable bonds is 31. The molecule has 7 heterocycles. The fourth-order valence-corrected chi connectivity index (χ4v) is 12.8. The van der Waals surface area contributed by atoms with E-state index in [4.69, 9.17) is 66.3 Å². The fourth-order valence-electron chi connectivity index (χ4n) is 12.8. The number of aliphatic hydroxyl groups is 24. The summed E-state index contributed by atoms with van der Waals surface area (Å²) >= 11 is 0. The van der Waals surface area contributed by atoms with Gasteiger partial charge in [0.25, 0.3) is 5.79 Å². The van der Waals surface area contributed by atoms with Gasteiger partial charge in [-0.15, -0.1) is 0 Å². The summed E-state index contributed by atoms with van der Waals surface area (Å²) in [7, 11) is 0. The second kappa shape index (κ2) is 37.7. The molecule has 46 nitrogen and oxygen atoms in total. The van der Waals surface area contributed by atoms with Gasteiger partial charge in [0.1, 0.15) is 183 Å². The van der Waals surface area contributed by atoms with E-state index in [1.165, 1.54) is 6.92 Å². The van der Waals surface area contributed by atoms with Crippen LogP contribution in [-0.2, 0) is 85.5 Å². The molecule has 0 radical (unpaired) electrons. The average molecular weight is 1510 g/mol. The minimum atomic E-state index is -3.29. The summed E-state index contributed by atoms with van der Waals surface area (Å²) in [4.78, 5) is 51.5. The van der Waals surface area contributed by atoms with Crippen molar-refractivity contribution in [1.29, 1.82) is 0 Å². The van der Waals surface area contributed by atoms with Crippen molar-refractivity contribution < 1.29 is 213 Å². The van der Waals surface area contributed by atoms with Crippen molar-refractivity contribution in [2.75, 3.05) is 52.9 Å². The average Bonchev–Trinajstić information content (AvgIpc) is 0.766. The molecule has 103 heavy (non-hydrogen) atoms. The van der Waals surface area contributed by atoms with Gasteiger partial charge >= 0.3 is 5.97 Å². The third-order valence-electron chi connectivity index (χ3n) is 18.4. The van der Waals surface area contributed by atoms with Crippen LogP contribution in [0.25, 0.3) is 0 Å². The maximum absolute atomic E-state index is 13.2. The lowest BCUT2D eigenvalue weighted by molar-refractivity contribution is -0.390. The lowest BCUT2D eigenvalue weighted by Gasteiger charge is -2.51. The largest absolute Gasteiger partial charge is 0.477 e. The van der Waals surface area contributed by atoms with Gasteiger partial charge in [-0.3, -0.25) is 14.4 Å². The van der Waals surface area contributed by atoms with E-state index in [9.17, 15) is 147 Å². The van der Waals surface area contributed by atoms with Gasteiger partial charge in [0.2, 0.25) is 17.7 Å². The molecule has 7 aliphatic heterocycles. The molecule has 7 rings (SSSR count). The topological polar surface area (TPSA) is 739 Å². The molecule has 46 heteroatoms. The predicted molar refractivity (Wildman–Crippen MR) is 317 cm³/mol. The molecule has 7 saturated heterocycles. The highest BCUT2D eigenvalue weighted by Gasteiger charge is 2.62. The van der Waals surface area contributed by atoms with E-state index in [1.54, 1.807) is 0 Å². The molecule has 3 amide bonds. The van der Waals surface area contributed by atoms with Crippen LogP contribution in [0, 0.1) is 0 Å². The Morgan fingerprint density at radius 1 is 0.437 bits per heavy atom. The minimum Gasteiger partial charge on any atom is -0.477 e. The third kappa shape index (κ3) is 19.5. The quantitative estimate of drug-likeness (QED) is 0.0306. The van der Waals surface area contributed by atoms with Gasteiger partial charge in [0.15, 0.2) is 37.7 Å². The van der Waals surface area contributed by atoms with Crippen molar-refractivity contribution in [3.8, 4) is 0 Å². The van der Waals surface area contributed by atoms with Crippen LogP contribution in [0.15, 0.2) is 0 Å². The lowest BCUT2D eigenvalue weighted by Crippen LogP contribution is -2.71. The Kier molecular flexibility index (Phi) is 31.7. The summed E-state index contributed by atoms with van der Waals surface area (Å²) in [6.07, 6.45) is -77.7. The summed E-state index contributed by atoms with van der Waals surface area (Å²) in [6.45, 7) is -5.39. The Labute approximate surface area is 583 Å². The molecule has 0 aromatic carbocycles. The number of nitrogens with one attached hydrogen (secondary N) is 3. The van der Waals surface area contributed by atoms with E-state index in [2.05, 4.69) is 16.0 Å². The van der Waals surface area contributed by atoms with Gasteiger partial charge in [-0.25, -0.2) is 4.79 Å². The van der Waals surface area contributed by atoms with Crippen LogP contribution < -0.4 is 16.0 Å². The molecule has 598 valence electrons. The van der Waals surface area contributed by atoms with E-state index in [0.717, 1.165) is 20.8 Å². The molecule has 0 spiro atoms. The van der Waals surface area contributed by atoms with Crippen molar-refractivity contribution in [3.63, 3.8) is 0 Å². The molecule has 0 aromatic heterocycles. The summed E-state index contributed by atoms with van der Waals surface area (Å²) in [6, 6.07) is -5.70. The molecule has 40 atom stereocenters. The first kappa shape index (κ1) is 86.6. The molecular weight excluding hydrogens is 1410 g/mol. The second-order valence-corrected chi connectivity index (χ2v) is 25.8. The molecule has 0 unspecified atom stereocenters. The molecule has 7 fully saturated rings. The van der Waals surface area contributed by atoms with Gasteiger partial charge in [-0.05, 0) is 6.92 Å². The van der Waals surface area contributed by atoms with E-state index < -0.39 is 328 Å². The van der Waals surface area contributed by atoms with Gasteiger partial charge in [0, 0.05) is 27.2 Å². The highest BCUT2D eigenvalue weighted by molar-refractivity contribution is 5.77. The van der Waals surface area contributed by atoms with Crippen LogP contribution in [0.3, 0.4) is 0 Å². The third-order valence-corrected chi connectivity index (χ3v) is 18.4. The first-order valence-electron chi connectivity index (χ1n) is 32.5. The normalized spacial score (nSPS) is 45.1. The van der Waals surface area contributed by atoms with E-state index >= 15 is 0 Å². The number of aliphatic carboxylic acids is 1. The zero-order valence-electron chi connectivity index (χ0n) is 55.4.